The lowest BCUT2D eigenvalue weighted by Crippen LogP contribution is -2.38. The fourth-order valence-corrected chi connectivity index (χ4v) is 4.62. The Bertz CT molecular complexity index is 1490. The molecule has 5 rings (SSSR count). The Morgan fingerprint density at radius 2 is 1.31 bits per heavy atom. The third-order valence-electron chi connectivity index (χ3n) is 6.11. The number of nitro groups is 1. The van der Waals surface area contributed by atoms with Crippen LogP contribution < -0.4 is 0 Å². The first kappa shape index (κ1) is 21.8. The maximum atomic E-state index is 12.8. The summed E-state index contributed by atoms with van der Waals surface area (Å²) >= 11 is 0. The lowest BCUT2D eigenvalue weighted by molar-refractivity contribution is -0.384. The zero-order chi connectivity index (χ0) is 24.4. The van der Waals surface area contributed by atoms with Gasteiger partial charge in [0.25, 0.3) is 11.5 Å². The number of non-ortho nitro benzene ring substituents is 1. The van der Waals surface area contributed by atoms with Gasteiger partial charge in [-0.2, -0.15) is 5.10 Å². The Labute approximate surface area is 201 Å². The topological polar surface area (TPSA) is 78.0 Å². The lowest BCUT2D eigenvalue weighted by atomic mass is 9.77. The lowest BCUT2D eigenvalue weighted by Gasteiger charge is -2.37. The number of Topliss-reactive ketones (excluding diaryl/α,β-unsaturated/α-hetero) is 1. The van der Waals surface area contributed by atoms with Crippen LogP contribution in [0.5, 0.6) is 0 Å². The molecule has 1 aromatic heterocycles. The zero-order valence-electron chi connectivity index (χ0n) is 18.5. The summed E-state index contributed by atoms with van der Waals surface area (Å²) in [7, 11) is 0. The second-order valence-corrected chi connectivity index (χ2v) is 8.00. The Morgan fingerprint density at radius 1 is 0.829 bits per heavy atom. The molecule has 168 valence electrons. The summed E-state index contributed by atoms with van der Waals surface area (Å²) < 4.78 is 1.76. The maximum absolute atomic E-state index is 12.8. The van der Waals surface area contributed by atoms with Gasteiger partial charge in [-0.05, 0) is 28.7 Å². The quantitative estimate of drug-likeness (QED) is 0.0830. The number of aromatic nitrogens is 2. The molecule has 0 radical (unpaired) electrons. The molecule has 0 bridgehead atoms. The summed E-state index contributed by atoms with van der Waals surface area (Å²) in [6.45, 7) is 0. The van der Waals surface area contributed by atoms with Crippen molar-refractivity contribution in [3.8, 4) is 12.3 Å². The van der Waals surface area contributed by atoms with Crippen LogP contribution in [0.2, 0.25) is 0 Å². The standard InChI is InChI=1S/C29H19N3O3/c1-2-27(33)28-25-20-24(32(34)35)18-19-26(25)31(30-28)29(21-12-6-3-7-13-21,22-14-8-4-9-15-22)23-16-10-5-11-17-23/h1,3-20H. The van der Waals surface area contributed by atoms with Crippen LogP contribution in [-0.2, 0) is 5.54 Å². The molecule has 0 N–H and O–H groups in total. The number of nitrogens with zero attached hydrogens (tertiary/aromatic N) is 3. The molecule has 0 spiro atoms. The number of hydrogen-bond donors (Lipinski definition) is 0. The van der Waals surface area contributed by atoms with E-state index in [0.29, 0.717) is 10.9 Å². The molecule has 0 amide bonds. The van der Waals surface area contributed by atoms with Gasteiger partial charge in [0.1, 0.15) is 11.2 Å². The number of fused-ring (bicyclic) bond motifs is 1. The number of nitro benzene ring substituents is 1. The summed E-state index contributed by atoms with van der Waals surface area (Å²) in [5.74, 6) is 1.48. The van der Waals surface area contributed by atoms with Gasteiger partial charge in [-0.1, -0.05) is 91.0 Å². The number of carbonyl (C=O) groups excluding carboxylic acids is 1. The van der Waals surface area contributed by atoms with Crippen LogP contribution in [0.4, 0.5) is 5.69 Å². The summed E-state index contributed by atoms with van der Waals surface area (Å²) in [5, 5.41) is 16.6. The third-order valence-corrected chi connectivity index (χ3v) is 6.11. The van der Waals surface area contributed by atoms with E-state index in [1.165, 1.54) is 12.1 Å². The molecule has 0 aliphatic heterocycles. The van der Waals surface area contributed by atoms with Crippen LogP contribution in [0.25, 0.3) is 10.9 Å². The predicted molar refractivity (Wildman–Crippen MR) is 134 cm³/mol. The van der Waals surface area contributed by atoms with Gasteiger partial charge < -0.3 is 0 Å². The molecule has 0 unspecified atom stereocenters. The Hall–Kier alpha value is -5.02. The van der Waals surface area contributed by atoms with Crippen molar-refractivity contribution in [2.75, 3.05) is 0 Å². The van der Waals surface area contributed by atoms with E-state index in [9.17, 15) is 14.9 Å². The molecule has 0 atom stereocenters. The van der Waals surface area contributed by atoms with Crippen LogP contribution in [-0.4, -0.2) is 20.5 Å². The Balaban J connectivity index is 1.99. The molecule has 5 aromatic rings. The first-order chi connectivity index (χ1) is 17.1. The Kier molecular flexibility index (Phi) is 5.44. The molecule has 6 heteroatoms. The van der Waals surface area contributed by atoms with Crippen LogP contribution >= 0.6 is 0 Å². The summed E-state index contributed by atoms with van der Waals surface area (Å²) in [6.07, 6.45) is 5.46. The zero-order valence-corrected chi connectivity index (χ0v) is 18.5. The van der Waals surface area contributed by atoms with Gasteiger partial charge in [-0.3, -0.25) is 14.9 Å². The number of ketones is 1. The molecule has 0 aliphatic carbocycles. The molecule has 6 nitrogen and oxygen atoms in total. The number of benzene rings is 4. The molecular formula is C29H19N3O3. The largest absolute Gasteiger partial charge is 0.277 e. The maximum Gasteiger partial charge on any atom is 0.270 e. The predicted octanol–water partition coefficient (Wildman–Crippen LogP) is 5.60. The first-order valence-electron chi connectivity index (χ1n) is 10.9. The minimum Gasteiger partial charge on any atom is -0.277 e. The van der Waals surface area contributed by atoms with E-state index in [0.717, 1.165) is 16.7 Å². The second-order valence-electron chi connectivity index (χ2n) is 8.00. The van der Waals surface area contributed by atoms with Crippen molar-refractivity contribution < 1.29 is 9.72 Å². The number of carbonyl (C=O) groups is 1. The van der Waals surface area contributed by atoms with Gasteiger partial charge >= 0.3 is 0 Å². The van der Waals surface area contributed by atoms with Gasteiger partial charge in [0.15, 0.2) is 0 Å². The fraction of sp³-hybridized carbons (Fsp3) is 0.0345. The van der Waals surface area contributed by atoms with Gasteiger partial charge in [-0.25, -0.2) is 4.68 Å². The second kappa shape index (κ2) is 8.73. The van der Waals surface area contributed by atoms with Crippen molar-refractivity contribution >= 4 is 22.4 Å². The number of terminal acetylenes is 1. The molecule has 1 heterocycles. The van der Waals surface area contributed by atoms with Gasteiger partial charge in [-0.15, -0.1) is 6.42 Å². The molecular weight excluding hydrogens is 438 g/mol. The van der Waals surface area contributed by atoms with E-state index in [1.54, 1.807) is 10.7 Å². The highest BCUT2D eigenvalue weighted by atomic mass is 16.6. The monoisotopic (exact) mass is 457 g/mol. The van der Waals surface area contributed by atoms with E-state index >= 15 is 0 Å². The van der Waals surface area contributed by atoms with Crippen LogP contribution in [0, 0.1) is 22.5 Å². The summed E-state index contributed by atoms with van der Waals surface area (Å²) in [4.78, 5) is 23.8. The van der Waals surface area contributed by atoms with Crippen molar-refractivity contribution in [3.05, 3.63) is 142 Å². The van der Waals surface area contributed by atoms with Gasteiger partial charge in [0.2, 0.25) is 0 Å². The van der Waals surface area contributed by atoms with E-state index in [2.05, 4.69) is 5.92 Å². The van der Waals surface area contributed by atoms with E-state index in [-0.39, 0.29) is 11.4 Å². The van der Waals surface area contributed by atoms with Gasteiger partial charge in [0, 0.05) is 17.5 Å². The van der Waals surface area contributed by atoms with Crippen LogP contribution in [0.15, 0.2) is 109 Å². The van der Waals surface area contributed by atoms with Crippen molar-refractivity contribution in [3.63, 3.8) is 0 Å². The van der Waals surface area contributed by atoms with E-state index < -0.39 is 16.2 Å². The highest BCUT2D eigenvalue weighted by Gasteiger charge is 2.41. The van der Waals surface area contributed by atoms with Crippen molar-refractivity contribution in [1.82, 2.24) is 9.78 Å². The highest BCUT2D eigenvalue weighted by Crippen LogP contribution is 2.43. The van der Waals surface area contributed by atoms with Gasteiger partial charge in [0.05, 0.1) is 10.4 Å². The van der Waals surface area contributed by atoms with Crippen molar-refractivity contribution in [1.29, 1.82) is 0 Å². The molecule has 0 aliphatic rings. The molecule has 0 saturated carbocycles. The highest BCUT2D eigenvalue weighted by molar-refractivity contribution is 6.15. The molecule has 4 aromatic carbocycles. The summed E-state index contributed by atoms with van der Waals surface area (Å²) in [6, 6.07) is 33.9. The van der Waals surface area contributed by atoms with E-state index in [4.69, 9.17) is 11.5 Å². The van der Waals surface area contributed by atoms with E-state index in [1.807, 2.05) is 91.0 Å². The minimum absolute atomic E-state index is 0.00151. The van der Waals surface area contributed by atoms with Crippen molar-refractivity contribution in [2.24, 2.45) is 0 Å². The first-order valence-corrected chi connectivity index (χ1v) is 10.9. The molecule has 0 saturated heterocycles. The normalized spacial score (nSPS) is 11.2. The van der Waals surface area contributed by atoms with Crippen molar-refractivity contribution in [2.45, 2.75) is 5.54 Å². The fourth-order valence-electron chi connectivity index (χ4n) is 4.62. The molecule has 35 heavy (non-hydrogen) atoms. The van der Waals surface area contributed by atoms with Crippen LogP contribution in [0.1, 0.15) is 27.2 Å². The minimum atomic E-state index is -0.995. The summed E-state index contributed by atoms with van der Waals surface area (Å²) in [5.41, 5.74) is 2.11. The SMILES string of the molecule is C#CC(=O)c1nn(C(c2ccccc2)(c2ccccc2)c2ccccc2)c2ccc([N+](=O)[O-])cc12. The van der Waals surface area contributed by atoms with Crippen LogP contribution in [0.3, 0.4) is 0 Å². The average Bonchev–Trinajstić information content (AvgIpc) is 3.30. The average molecular weight is 457 g/mol. The Morgan fingerprint density at radius 3 is 1.74 bits per heavy atom. The number of rotatable bonds is 6. The molecule has 0 fully saturated rings. The third kappa shape index (κ3) is 3.47. The smallest absolute Gasteiger partial charge is 0.270 e. The number of hydrogen-bond acceptors (Lipinski definition) is 4.